The summed E-state index contributed by atoms with van der Waals surface area (Å²) in [4.78, 5) is 22.5. The third kappa shape index (κ3) is 3.81. The number of carbonyl (C=O) groups is 2. The number of carboxylic acids is 1. The van der Waals surface area contributed by atoms with Crippen LogP contribution >= 0.6 is 7.68 Å². The zero-order chi connectivity index (χ0) is 18.8. The van der Waals surface area contributed by atoms with Gasteiger partial charge in [-0.2, -0.15) is 0 Å². The molecule has 2 unspecified atom stereocenters. The van der Waals surface area contributed by atoms with Crippen LogP contribution in [-0.4, -0.2) is 91.0 Å². The third-order valence-electron chi connectivity index (χ3n) is 3.58. The maximum atomic E-state index is 11.3. The fraction of sp³-hybridized carbons (Fsp3) is 0.818. The van der Waals surface area contributed by atoms with E-state index in [2.05, 4.69) is 5.32 Å². The monoisotopic (exact) mass is 371 g/mol. The normalized spacial score (nSPS) is 35.8. The van der Waals surface area contributed by atoms with Gasteiger partial charge < -0.3 is 40.7 Å². The predicted octanol–water partition coefficient (Wildman–Crippen LogP) is -3.72. The van der Waals surface area contributed by atoms with Crippen molar-refractivity contribution in [2.45, 2.75) is 48.8 Å². The second-order valence-corrected chi connectivity index (χ2v) is 6.40. The summed E-state index contributed by atoms with van der Waals surface area (Å²) in [5.74, 6) is -6.40. The van der Waals surface area contributed by atoms with Gasteiger partial charge in [0.05, 0.1) is 18.8 Å². The van der Waals surface area contributed by atoms with Crippen molar-refractivity contribution in [2.75, 3.05) is 6.61 Å². The van der Waals surface area contributed by atoms with E-state index in [1.165, 1.54) is 0 Å². The van der Waals surface area contributed by atoms with Crippen LogP contribution in [0.15, 0.2) is 0 Å². The third-order valence-corrected chi connectivity index (χ3v) is 4.69. The Bertz CT molecular complexity index is 558. The van der Waals surface area contributed by atoms with Crippen molar-refractivity contribution in [3.63, 3.8) is 0 Å². The molecule has 138 valence electrons. The van der Waals surface area contributed by atoms with Crippen molar-refractivity contribution in [1.29, 1.82) is 0 Å². The maximum Gasteiger partial charge on any atom is 0.365 e. The molecule has 7 atom stereocenters. The first-order chi connectivity index (χ1) is 11.0. The standard InChI is InChI=1S/C11H18NO11P/c1-3(14)12-5-7(17)9(24(21)22)11(20,10(18)19)23-8(5)6(16)4(15)2-13/h4-9,13,15-17,20H,2H2,1H3,(H,12,14)(H,18,19)/t4-,5-,6?,7-,8-,9?,11-/m1/s1. The number of hydrogen-bond acceptors (Lipinski definition) is 10. The highest BCUT2D eigenvalue weighted by Crippen LogP contribution is 2.39. The first kappa shape index (κ1) is 20.6. The quantitative estimate of drug-likeness (QED) is 0.226. The van der Waals surface area contributed by atoms with Gasteiger partial charge in [-0.05, 0) is 0 Å². The van der Waals surface area contributed by atoms with Gasteiger partial charge in [0.1, 0.15) is 18.3 Å². The molecule has 12 nitrogen and oxygen atoms in total. The Labute approximate surface area is 135 Å². The van der Waals surface area contributed by atoms with Crippen molar-refractivity contribution in [2.24, 2.45) is 0 Å². The van der Waals surface area contributed by atoms with Gasteiger partial charge in [0.25, 0.3) is 5.79 Å². The highest BCUT2D eigenvalue weighted by atomic mass is 31.1. The summed E-state index contributed by atoms with van der Waals surface area (Å²) in [6, 6.07) is -1.68. The van der Waals surface area contributed by atoms with Crippen LogP contribution in [0, 0.1) is 0 Å². The lowest BCUT2D eigenvalue weighted by Gasteiger charge is -2.46. The number of rotatable bonds is 6. The second-order valence-electron chi connectivity index (χ2n) is 5.27. The average molecular weight is 371 g/mol. The van der Waals surface area contributed by atoms with E-state index in [4.69, 9.17) is 14.9 Å². The van der Waals surface area contributed by atoms with Crippen LogP contribution in [0.1, 0.15) is 6.92 Å². The minimum absolute atomic E-state index is 0.793. The van der Waals surface area contributed by atoms with Gasteiger partial charge in [0.2, 0.25) is 5.91 Å². The number of amides is 1. The Morgan fingerprint density at radius 1 is 1.33 bits per heavy atom. The Hall–Kier alpha value is -1.40. The van der Waals surface area contributed by atoms with E-state index in [0.717, 1.165) is 6.92 Å². The molecule has 1 aliphatic heterocycles. The van der Waals surface area contributed by atoms with E-state index in [9.17, 15) is 39.1 Å². The molecule has 7 N–H and O–H groups in total. The molecule has 0 radical (unpaired) electrons. The topological polar surface area (TPSA) is 211 Å². The molecule has 24 heavy (non-hydrogen) atoms. The summed E-state index contributed by atoms with van der Waals surface area (Å²) in [7, 11) is -3.74. The van der Waals surface area contributed by atoms with E-state index in [-0.39, 0.29) is 0 Å². The fourth-order valence-electron chi connectivity index (χ4n) is 2.43. The van der Waals surface area contributed by atoms with Crippen molar-refractivity contribution >= 4 is 19.6 Å². The van der Waals surface area contributed by atoms with Crippen molar-refractivity contribution in [1.82, 2.24) is 5.32 Å². The molecule has 0 saturated carbocycles. The summed E-state index contributed by atoms with van der Waals surface area (Å²) < 4.78 is 27.3. The molecule has 0 spiro atoms. The average Bonchev–Trinajstić information content (AvgIpc) is 2.47. The lowest BCUT2D eigenvalue weighted by Crippen LogP contribution is -2.72. The minimum atomic E-state index is -3.74. The van der Waals surface area contributed by atoms with Crippen LogP contribution in [0.4, 0.5) is 0 Å². The molecule has 1 fully saturated rings. The van der Waals surface area contributed by atoms with Crippen LogP contribution < -0.4 is 5.32 Å². The van der Waals surface area contributed by atoms with Gasteiger partial charge in [-0.3, -0.25) is 4.79 Å². The summed E-state index contributed by atoms with van der Waals surface area (Å²) in [5.41, 5.74) is -2.36. The molecule has 1 rings (SSSR count). The van der Waals surface area contributed by atoms with Crippen LogP contribution in [0.25, 0.3) is 0 Å². The second kappa shape index (κ2) is 7.66. The molecule has 1 amide bonds. The SMILES string of the molecule is CC(=O)N[C@@H]1[C@@H](O)C(P(=O)=O)[C@](O)(C(=O)O)O[C@H]1C(O)[C@H](O)CO. The van der Waals surface area contributed by atoms with Gasteiger partial charge in [0, 0.05) is 6.92 Å². The van der Waals surface area contributed by atoms with Crippen LogP contribution in [-0.2, 0) is 23.5 Å². The van der Waals surface area contributed by atoms with Gasteiger partial charge in [0.15, 0.2) is 5.66 Å². The number of aliphatic hydroxyl groups excluding tert-OH is 4. The number of aliphatic carboxylic acids is 1. The number of hydrogen-bond donors (Lipinski definition) is 7. The van der Waals surface area contributed by atoms with Gasteiger partial charge in [-0.25, -0.2) is 13.9 Å². The van der Waals surface area contributed by atoms with Crippen LogP contribution in [0.2, 0.25) is 0 Å². The minimum Gasteiger partial charge on any atom is -0.477 e. The van der Waals surface area contributed by atoms with E-state index >= 15 is 0 Å². The molecular weight excluding hydrogens is 353 g/mol. The number of aliphatic hydroxyl groups is 5. The molecule has 0 bridgehead atoms. The highest BCUT2D eigenvalue weighted by molar-refractivity contribution is 7.32. The van der Waals surface area contributed by atoms with Crippen LogP contribution in [0.5, 0.6) is 0 Å². The molecule has 1 aliphatic rings. The van der Waals surface area contributed by atoms with Crippen molar-refractivity contribution in [3.8, 4) is 0 Å². The number of carbonyl (C=O) groups excluding carboxylic acids is 1. The summed E-state index contributed by atoms with van der Waals surface area (Å²) >= 11 is 0. The van der Waals surface area contributed by atoms with Crippen molar-refractivity contribution < 1.29 is 54.1 Å². The van der Waals surface area contributed by atoms with Gasteiger partial charge in [-0.1, -0.05) is 0 Å². The Morgan fingerprint density at radius 3 is 2.25 bits per heavy atom. The Morgan fingerprint density at radius 2 is 1.88 bits per heavy atom. The van der Waals surface area contributed by atoms with Gasteiger partial charge >= 0.3 is 13.6 Å². The van der Waals surface area contributed by atoms with E-state index in [1.54, 1.807) is 0 Å². The Kier molecular flexibility index (Phi) is 6.59. The first-order valence-electron chi connectivity index (χ1n) is 6.66. The Balaban J connectivity index is 3.39. The molecule has 0 aromatic carbocycles. The van der Waals surface area contributed by atoms with E-state index < -0.39 is 68.1 Å². The number of ether oxygens (including phenoxy) is 1. The molecule has 0 aromatic heterocycles. The molecule has 1 heterocycles. The number of nitrogens with one attached hydrogen (secondary N) is 1. The molecule has 13 heteroatoms. The first-order valence-corrected chi connectivity index (χ1v) is 7.91. The lowest BCUT2D eigenvalue weighted by atomic mass is 9.88. The summed E-state index contributed by atoms with van der Waals surface area (Å²) in [5, 5.41) is 59.6. The summed E-state index contributed by atoms with van der Waals surface area (Å²) in [6.07, 6.45) is -8.05. The lowest BCUT2D eigenvalue weighted by molar-refractivity contribution is -0.292. The number of carboxylic acid groups (broad SMARTS) is 1. The highest BCUT2D eigenvalue weighted by Gasteiger charge is 2.62. The van der Waals surface area contributed by atoms with E-state index in [1.807, 2.05) is 0 Å². The molecule has 0 aliphatic carbocycles. The predicted molar refractivity (Wildman–Crippen MR) is 72.3 cm³/mol. The zero-order valence-corrected chi connectivity index (χ0v) is 13.2. The van der Waals surface area contributed by atoms with E-state index in [0.29, 0.717) is 0 Å². The zero-order valence-electron chi connectivity index (χ0n) is 12.3. The van der Waals surface area contributed by atoms with Crippen LogP contribution in [0.3, 0.4) is 0 Å². The van der Waals surface area contributed by atoms with Gasteiger partial charge in [-0.15, -0.1) is 0 Å². The van der Waals surface area contributed by atoms with Crippen molar-refractivity contribution in [3.05, 3.63) is 0 Å². The molecule has 0 aromatic rings. The largest absolute Gasteiger partial charge is 0.477 e. The smallest absolute Gasteiger partial charge is 0.365 e. The molecule has 1 saturated heterocycles. The summed E-state index contributed by atoms with van der Waals surface area (Å²) in [6.45, 7) is -0.00247. The molecular formula is C11H18NO11P. The fourth-order valence-corrected chi connectivity index (χ4v) is 3.32. The maximum absolute atomic E-state index is 11.3.